The van der Waals surface area contributed by atoms with Crippen LogP contribution in [0.1, 0.15) is 31.8 Å². The van der Waals surface area contributed by atoms with Crippen LogP contribution in [0, 0.1) is 0 Å². The molecule has 0 radical (unpaired) electrons. The third kappa shape index (κ3) is 3.09. The van der Waals surface area contributed by atoms with Gasteiger partial charge in [-0.3, -0.25) is 4.79 Å². The van der Waals surface area contributed by atoms with Gasteiger partial charge in [-0.05, 0) is 35.7 Å². The Morgan fingerprint density at radius 1 is 1.17 bits per heavy atom. The van der Waals surface area contributed by atoms with Crippen molar-refractivity contribution in [2.75, 3.05) is 6.54 Å². The summed E-state index contributed by atoms with van der Waals surface area (Å²) in [7, 11) is 0. The molecule has 0 aliphatic carbocycles. The van der Waals surface area contributed by atoms with Crippen molar-refractivity contribution in [3.63, 3.8) is 0 Å². The molecule has 0 atom stereocenters. The van der Waals surface area contributed by atoms with Gasteiger partial charge in [-0.15, -0.1) is 0 Å². The molecule has 4 nitrogen and oxygen atoms in total. The van der Waals surface area contributed by atoms with Gasteiger partial charge in [0, 0.05) is 23.7 Å². The SMILES string of the molecule is O=C(O)c1c(Cl)cc2c(c1Cl)CCN(Cc1ccc(Cl)cc1)C2=O. The van der Waals surface area contributed by atoms with Crippen LogP contribution in [0.2, 0.25) is 15.1 Å². The third-order valence-corrected chi connectivity index (χ3v) is 4.94. The molecule has 0 bridgehead atoms. The van der Waals surface area contributed by atoms with Crippen LogP contribution in [0.25, 0.3) is 0 Å². The first-order chi connectivity index (χ1) is 11.4. The number of amides is 1. The predicted molar refractivity (Wildman–Crippen MR) is 93.3 cm³/mol. The van der Waals surface area contributed by atoms with Gasteiger partial charge in [-0.1, -0.05) is 46.9 Å². The molecule has 1 heterocycles. The molecule has 1 aliphatic rings. The monoisotopic (exact) mass is 383 g/mol. The average molecular weight is 385 g/mol. The fraction of sp³-hybridized carbons (Fsp3) is 0.176. The molecule has 0 saturated carbocycles. The zero-order chi connectivity index (χ0) is 17.4. The molecule has 0 spiro atoms. The number of hydrogen-bond acceptors (Lipinski definition) is 2. The Hall–Kier alpha value is -1.75. The molecule has 3 rings (SSSR count). The maximum Gasteiger partial charge on any atom is 0.338 e. The maximum absolute atomic E-state index is 12.7. The Morgan fingerprint density at radius 3 is 2.46 bits per heavy atom. The number of fused-ring (bicyclic) bond motifs is 1. The first kappa shape index (κ1) is 17.1. The molecule has 2 aromatic rings. The Bertz CT molecular complexity index is 834. The average Bonchev–Trinajstić information content (AvgIpc) is 2.52. The predicted octanol–water partition coefficient (Wildman–Crippen LogP) is 4.54. The number of hydrogen-bond donors (Lipinski definition) is 1. The number of nitrogens with zero attached hydrogens (tertiary/aromatic N) is 1. The zero-order valence-electron chi connectivity index (χ0n) is 12.4. The summed E-state index contributed by atoms with van der Waals surface area (Å²) in [6, 6.07) is 8.65. The van der Waals surface area contributed by atoms with Gasteiger partial charge < -0.3 is 10.0 Å². The van der Waals surface area contributed by atoms with Crippen molar-refractivity contribution < 1.29 is 14.7 Å². The smallest absolute Gasteiger partial charge is 0.338 e. The van der Waals surface area contributed by atoms with Gasteiger partial charge in [0.1, 0.15) is 0 Å². The van der Waals surface area contributed by atoms with Crippen molar-refractivity contribution in [2.45, 2.75) is 13.0 Å². The van der Waals surface area contributed by atoms with Crippen LogP contribution in [0.4, 0.5) is 0 Å². The third-order valence-electron chi connectivity index (χ3n) is 3.97. The summed E-state index contributed by atoms with van der Waals surface area (Å²) in [6.07, 6.45) is 0.477. The minimum atomic E-state index is -1.20. The molecule has 0 aromatic heterocycles. The van der Waals surface area contributed by atoms with E-state index in [0.29, 0.717) is 35.7 Å². The normalized spacial score (nSPS) is 13.8. The molecule has 0 saturated heterocycles. The van der Waals surface area contributed by atoms with E-state index in [1.165, 1.54) is 6.07 Å². The van der Waals surface area contributed by atoms with E-state index in [4.69, 9.17) is 34.8 Å². The first-order valence-corrected chi connectivity index (χ1v) is 8.29. The lowest BCUT2D eigenvalue weighted by atomic mass is 9.95. The topological polar surface area (TPSA) is 57.6 Å². The largest absolute Gasteiger partial charge is 0.478 e. The Kier molecular flexibility index (Phi) is 4.72. The van der Waals surface area contributed by atoms with E-state index < -0.39 is 5.97 Å². The van der Waals surface area contributed by atoms with E-state index in [2.05, 4.69) is 0 Å². The highest BCUT2D eigenvalue weighted by atomic mass is 35.5. The maximum atomic E-state index is 12.7. The van der Waals surface area contributed by atoms with Crippen LogP contribution in [0.5, 0.6) is 0 Å². The standard InChI is InChI=1S/C17H12Cl3NO3/c18-10-3-1-9(2-4-10)8-21-6-5-11-12(16(21)22)7-13(19)14(15(11)20)17(23)24/h1-4,7H,5-6,8H2,(H,23,24). The minimum Gasteiger partial charge on any atom is -0.478 e. The quantitative estimate of drug-likeness (QED) is 0.845. The molecule has 1 aliphatic heterocycles. The summed E-state index contributed by atoms with van der Waals surface area (Å²) in [5, 5.41) is 9.85. The van der Waals surface area contributed by atoms with Gasteiger partial charge >= 0.3 is 5.97 Å². The van der Waals surface area contributed by atoms with Crippen molar-refractivity contribution in [1.82, 2.24) is 4.90 Å². The van der Waals surface area contributed by atoms with Gasteiger partial charge in [-0.25, -0.2) is 4.79 Å². The Labute approximate surface area is 153 Å². The fourth-order valence-electron chi connectivity index (χ4n) is 2.77. The zero-order valence-corrected chi connectivity index (χ0v) is 14.6. The molecule has 2 aromatic carbocycles. The second kappa shape index (κ2) is 6.63. The van der Waals surface area contributed by atoms with Crippen molar-refractivity contribution in [3.05, 3.63) is 67.7 Å². The molecule has 24 heavy (non-hydrogen) atoms. The molecular weight excluding hydrogens is 373 g/mol. The van der Waals surface area contributed by atoms with Crippen LogP contribution >= 0.6 is 34.8 Å². The lowest BCUT2D eigenvalue weighted by Crippen LogP contribution is -2.37. The number of benzene rings is 2. The second-order valence-corrected chi connectivity index (χ2v) is 6.70. The van der Waals surface area contributed by atoms with Gasteiger partial charge in [-0.2, -0.15) is 0 Å². The van der Waals surface area contributed by atoms with E-state index in [9.17, 15) is 14.7 Å². The van der Waals surface area contributed by atoms with Crippen LogP contribution in [0.3, 0.4) is 0 Å². The van der Waals surface area contributed by atoms with Gasteiger partial charge in [0.05, 0.1) is 15.6 Å². The van der Waals surface area contributed by atoms with Crippen molar-refractivity contribution in [3.8, 4) is 0 Å². The fourth-order valence-corrected chi connectivity index (χ4v) is 3.61. The van der Waals surface area contributed by atoms with Crippen molar-refractivity contribution in [1.29, 1.82) is 0 Å². The molecule has 0 unspecified atom stereocenters. The molecule has 1 amide bonds. The lowest BCUT2D eigenvalue weighted by molar-refractivity contribution is 0.0690. The van der Waals surface area contributed by atoms with Crippen LogP contribution in [0.15, 0.2) is 30.3 Å². The van der Waals surface area contributed by atoms with Crippen LogP contribution in [-0.2, 0) is 13.0 Å². The van der Waals surface area contributed by atoms with E-state index in [1.807, 2.05) is 12.1 Å². The van der Waals surface area contributed by atoms with Gasteiger partial charge in [0.2, 0.25) is 0 Å². The summed E-state index contributed by atoms with van der Waals surface area (Å²) in [5.74, 6) is -1.42. The summed E-state index contributed by atoms with van der Waals surface area (Å²) in [6.45, 7) is 0.889. The Morgan fingerprint density at radius 2 is 1.83 bits per heavy atom. The van der Waals surface area contributed by atoms with Gasteiger partial charge in [0.15, 0.2) is 0 Å². The lowest BCUT2D eigenvalue weighted by Gasteiger charge is -2.30. The highest BCUT2D eigenvalue weighted by Gasteiger charge is 2.30. The first-order valence-electron chi connectivity index (χ1n) is 7.16. The molecule has 0 fully saturated rings. The molecular formula is C17H12Cl3NO3. The van der Waals surface area contributed by atoms with Crippen molar-refractivity contribution in [2.24, 2.45) is 0 Å². The number of aromatic carboxylic acids is 1. The summed E-state index contributed by atoms with van der Waals surface area (Å²) >= 11 is 18.0. The summed E-state index contributed by atoms with van der Waals surface area (Å²) < 4.78 is 0. The van der Waals surface area contributed by atoms with E-state index in [1.54, 1.807) is 17.0 Å². The number of rotatable bonds is 3. The van der Waals surface area contributed by atoms with Crippen molar-refractivity contribution >= 4 is 46.7 Å². The summed E-state index contributed by atoms with van der Waals surface area (Å²) in [4.78, 5) is 25.7. The highest BCUT2D eigenvalue weighted by molar-refractivity contribution is 6.40. The minimum absolute atomic E-state index is 0.0343. The van der Waals surface area contributed by atoms with E-state index in [0.717, 1.165) is 5.56 Å². The number of carbonyl (C=O) groups is 2. The highest BCUT2D eigenvalue weighted by Crippen LogP contribution is 2.34. The Balaban J connectivity index is 1.93. The van der Waals surface area contributed by atoms with Crippen LogP contribution < -0.4 is 0 Å². The number of carbonyl (C=O) groups excluding carboxylic acids is 1. The van der Waals surface area contributed by atoms with E-state index in [-0.39, 0.29) is 21.5 Å². The number of halogens is 3. The number of carboxylic acids is 1. The number of carboxylic acid groups (broad SMARTS) is 1. The summed E-state index contributed by atoms with van der Waals surface area (Å²) in [5.41, 5.74) is 1.69. The molecule has 124 valence electrons. The van der Waals surface area contributed by atoms with E-state index >= 15 is 0 Å². The second-order valence-electron chi connectivity index (χ2n) is 5.48. The molecule has 1 N–H and O–H groups in total. The van der Waals surface area contributed by atoms with Crippen LogP contribution in [-0.4, -0.2) is 28.4 Å². The van der Waals surface area contributed by atoms with Gasteiger partial charge in [0.25, 0.3) is 5.91 Å². The molecule has 7 heteroatoms.